The van der Waals surface area contributed by atoms with Crippen molar-refractivity contribution in [1.82, 2.24) is 25.3 Å². The van der Waals surface area contributed by atoms with Crippen LogP contribution < -0.4 is 27.0 Å². The minimum absolute atomic E-state index is 0.0618. The fourth-order valence-electron chi connectivity index (χ4n) is 4.43. The second kappa shape index (κ2) is 17.1. The Morgan fingerprint density at radius 2 is 1.63 bits per heavy atom. The van der Waals surface area contributed by atoms with Gasteiger partial charge >= 0.3 is 0 Å². The van der Waals surface area contributed by atoms with E-state index < -0.39 is 0 Å². The van der Waals surface area contributed by atoms with E-state index in [1.807, 2.05) is 42.5 Å². The Bertz CT molecular complexity index is 1180. The van der Waals surface area contributed by atoms with Gasteiger partial charge in [0, 0.05) is 31.0 Å². The Morgan fingerprint density at radius 1 is 0.878 bits per heavy atom. The lowest BCUT2D eigenvalue weighted by molar-refractivity contribution is -0.120. The Kier molecular flexibility index (Phi) is 12.5. The topological polar surface area (TPSA) is 161 Å². The highest BCUT2D eigenvalue weighted by atomic mass is 16.5. The number of pyridine rings is 1. The third kappa shape index (κ3) is 11.3. The van der Waals surface area contributed by atoms with Crippen LogP contribution in [0.5, 0.6) is 0 Å². The Morgan fingerprint density at radius 3 is 2.39 bits per heavy atom. The quantitative estimate of drug-likeness (QED) is 0.154. The molecule has 2 aromatic heterocycles. The molecular formula is C29H41N9O3. The predicted molar refractivity (Wildman–Crippen MR) is 159 cm³/mol. The zero-order chi connectivity index (χ0) is 28.5. The minimum Gasteiger partial charge on any atom is -0.378 e. The maximum atomic E-state index is 12.3. The molecule has 1 aliphatic carbocycles. The van der Waals surface area contributed by atoms with Crippen LogP contribution in [0.2, 0.25) is 0 Å². The number of benzene rings is 1. The highest BCUT2D eigenvalue weighted by Gasteiger charge is 2.16. The summed E-state index contributed by atoms with van der Waals surface area (Å²) in [7, 11) is 0. The maximum Gasteiger partial charge on any atom is 0.233 e. The number of rotatable bonds is 17. The van der Waals surface area contributed by atoms with Crippen LogP contribution in [0.4, 0.5) is 23.5 Å². The number of nitrogens with two attached hydrogens (primary N) is 1. The van der Waals surface area contributed by atoms with Crippen molar-refractivity contribution in [3.63, 3.8) is 0 Å². The summed E-state index contributed by atoms with van der Waals surface area (Å²) in [5.74, 6) is 1.37. The van der Waals surface area contributed by atoms with Crippen LogP contribution >= 0.6 is 0 Å². The van der Waals surface area contributed by atoms with E-state index >= 15 is 0 Å². The van der Waals surface area contributed by atoms with E-state index in [2.05, 4.69) is 41.2 Å². The van der Waals surface area contributed by atoms with E-state index in [4.69, 9.17) is 15.2 Å². The molecule has 1 amide bonds. The number of carbonyl (C=O) groups is 1. The number of hydrogen-bond donors (Lipinski definition) is 5. The van der Waals surface area contributed by atoms with Gasteiger partial charge in [-0.25, -0.2) is 0 Å². The van der Waals surface area contributed by atoms with Crippen molar-refractivity contribution in [3.8, 4) is 0 Å². The molecule has 3 aromatic rings. The van der Waals surface area contributed by atoms with E-state index in [1.165, 1.54) is 19.3 Å². The van der Waals surface area contributed by atoms with E-state index in [-0.39, 0.29) is 12.3 Å². The van der Waals surface area contributed by atoms with Crippen molar-refractivity contribution >= 4 is 29.4 Å². The first-order valence-electron chi connectivity index (χ1n) is 14.3. The largest absolute Gasteiger partial charge is 0.378 e. The van der Waals surface area contributed by atoms with E-state index in [0.29, 0.717) is 69.9 Å². The van der Waals surface area contributed by atoms with E-state index in [9.17, 15) is 4.79 Å². The normalized spacial score (nSPS) is 13.5. The van der Waals surface area contributed by atoms with Gasteiger partial charge in [0.1, 0.15) is 0 Å². The van der Waals surface area contributed by atoms with E-state index in [1.54, 1.807) is 6.20 Å². The predicted octanol–water partition coefficient (Wildman–Crippen LogP) is 3.02. The van der Waals surface area contributed by atoms with Gasteiger partial charge < -0.3 is 36.5 Å². The number of ether oxygens (including phenoxy) is 2. The van der Waals surface area contributed by atoms with Gasteiger partial charge in [-0.2, -0.15) is 15.0 Å². The van der Waals surface area contributed by atoms with E-state index in [0.717, 1.165) is 29.8 Å². The molecule has 1 saturated carbocycles. The number of nitrogens with zero attached hydrogens (tertiary/aromatic N) is 4. The molecule has 0 aliphatic heterocycles. The smallest absolute Gasteiger partial charge is 0.233 e. The van der Waals surface area contributed by atoms with Crippen molar-refractivity contribution in [2.75, 3.05) is 55.5 Å². The SMILES string of the molecule is NCCOCCOCCNC(=O)Cc1ccc(Nc2nc(NCc3ccccn3)nc(NC3CCCCC3)n2)cc1. The average molecular weight is 564 g/mol. The number of nitrogens with one attached hydrogen (secondary N) is 4. The van der Waals surface area contributed by atoms with Crippen molar-refractivity contribution < 1.29 is 14.3 Å². The number of amides is 1. The molecule has 0 radical (unpaired) electrons. The second-order valence-electron chi connectivity index (χ2n) is 9.82. The molecule has 0 unspecified atom stereocenters. The molecule has 2 heterocycles. The highest BCUT2D eigenvalue weighted by Crippen LogP contribution is 2.22. The zero-order valence-corrected chi connectivity index (χ0v) is 23.5. The van der Waals surface area contributed by atoms with Gasteiger partial charge in [-0.3, -0.25) is 9.78 Å². The fourth-order valence-corrected chi connectivity index (χ4v) is 4.43. The van der Waals surface area contributed by atoms with Crippen LogP contribution in [0, 0.1) is 0 Å². The molecule has 1 aromatic carbocycles. The Labute approximate surface area is 241 Å². The van der Waals surface area contributed by atoms with Gasteiger partial charge in [0.25, 0.3) is 0 Å². The number of hydrogen-bond acceptors (Lipinski definition) is 11. The lowest BCUT2D eigenvalue weighted by Crippen LogP contribution is -2.29. The Balaban J connectivity index is 1.29. The molecule has 0 bridgehead atoms. The number of anilines is 4. The van der Waals surface area contributed by atoms with Gasteiger partial charge in [-0.05, 0) is 42.7 Å². The first-order valence-corrected chi connectivity index (χ1v) is 14.3. The molecular weight excluding hydrogens is 522 g/mol. The standard InChI is InChI=1S/C29H41N9O3/c30-13-16-40-18-19-41-17-15-32-26(39)20-22-9-11-24(12-10-22)35-29-37-27(33-21-25-8-4-5-14-31-25)36-28(38-29)34-23-6-2-1-3-7-23/h4-5,8-12,14,23H,1-3,6-7,13,15-21,30H2,(H,32,39)(H3,33,34,35,36,37,38). The molecule has 12 heteroatoms. The van der Waals surface area contributed by atoms with Crippen molar-refractivity contribution in [3.05, 3.63) is 59.9 Å². The third-order valence-electron chi connectivity index (χ3n) is 6.51. The molecule has 6 N–H and O–H groups in total. The summed E-state index contributed by atoms with van der Waals surface area (Å²) >= 11 is 0. The summed E-state index contributed by atoms with van der Waals surface area (Å²) < 4.78 is 10.7. The first kappa shape index (κ1) is 30.1. The summed E-state index contributed by atoms with van der Waals surface area (Å²) in [5.41, 5.74) is 7.97. The van der Waals surface area contributed by atoms with Crippen LogP contribution in [0.15, 0.2) is 48.7 Å². The summed E-state index contributed by atoms with van der Waals surface area (Å²) in [6.07, 6.45) is 7.95. The lowest BCUT2D eigenvalue weighted by atomic mass is 9.96. The Hall–Kier alpha value is -3.87. The van der Waals surface area contributed by atoms with Crippen molar-refractivity contribution in [1.29, 1.82) is 0 Å². The second-order valence-corrected chi connectivity index (χ2v) is 9.82. The molecule has 0 atom stereocenters. The molecule has 4 rings (SSSR count). The number of aromatic nitrogens is 4. The summed E-state index contributed by atoms with van der Waals surface area (Å²) in [5, 5.41) is 12.9. The lowest BCUT2D eigenvalue weighted by Gasteiger charge is -2.23. The van der Waals surface area contributed by atoms with Gasteiger partial charge in [0.05, 0.1) is 45.1 Å². The summed E-state index contributed by atoms with van der Waals surface area (Å²) in [6, 6.07) is 13.8. The monoisotopic (exact) mass is 563 g/mol. The van der Waals surface area contributed by atoms with Crippen LogP contribution in [0.1, 0.15) is 43.4 Å². The van der Waals surface area contributed by atoms with Crippen LogP contribution in [-0.2, 0) is 27.2 Å². The van der Waals surface area contributed by atoms with Crippen molar-refractivity contribution in [2.45, 2.75) is 51.1 Å². The van der Waals surface area contributed by atoms with Gasteiger partial charge in [0.2, 0.25) is 23.8 Å². The molecule has 41 heavy (non-hydrogen) atoms. The molecule has 220 valence electrons. The molecule has 0 spiro atoms. The van der Waals surface area contributed by atoms with Crippen LogP contribution in [0.25, 0.3) is 0 Å². The zero-order valence-electron chi connectivity index (χ0n) is 23.5. The average Bonchev–Trinajstić information content (AvgIpc) is 2.99. The molecule has 1 fully saturated rings. The number of carbonyl (C=O) groups excluding carboxylic acids is 1. The summed E-state index contributed by atoms with van der Waals surface area (Å²) in [6.45, 7) is 3.37. The van der Waals surface area contributed by atoms with Crippen LogP contribution in [0.3, 0.4) is 0 Å². The third-order valence-corrected chi connectivity index (χ3v) is 6.51. The van der Waals surface area contributed by atoms with Gasteiger partial charge in [-0.15, -0.1) is 0 Å². The van der Waals surface area contributed by atoms with Gasteiger partial charge in [-0.1, -0.05) is 37.5 Å². The van der Waals surface area contributed by atoms with Crippen LogP contribution in [-0.4, -0.2) is 71.4 Å². The molecule has 0 saturated heterocycles. The molecule has 1 aliphatic rings. The highest BCUT2D eigenvalue weighted by molar-refractivity contribution is 5.78. The maximum absolute atomic E-state index is 12.3. The minimum atomic E-state index is -0.0618. The molecule has 12 nitrogen and oxygen atoms in total. The first-order chi connectivity index (χ1) is 20.2. The van der Waals surface area contributed by atoms with Crippen molar-refractivity contribution in [2.24, 2.45) is 5.73 Å². The fraction of sp³-hybridized carbons (Fsp3) is 0.483. The summed E-state index contributed by atoms with van der Waals surface area (Å²) in [4.78, 5) is 30.5. The van der Waals surface area contributed by atoms with Gasteiger partial charge in [0.15, 0.2) is 0 Å².